The first kappa shape index (κ1) is 10.0. The maximum absolute atomic E-state index is 13.8. The van der Waals surface area contributed by atoms with Gasteiger partial charge in [-0.2, -0.15) is 0 Å². The summed E-state index contributed by atoms with van der Waals surface area (Å²) in [6, 6.07) is 1.62. The van der Waals surface area contributed by atoms with Gasteiger partial charge in [0.1, 0.15) is 11.3 Å². The highest BCUT2D eigenvalue weighted by Crippen LogP contribution is 2.28. The third-order valence-electron chi connectivity index (χ3n) is 2.42. The summed E-state index contributed by atoms with van der Waals surface area (Å²) >= 11 is 5.79. The number of rotatable bonds is 0. The largest absolute Gasteiger partial charge is 0.329 e. The van der Waals surface area contributed by atoms with E-state index < -0.39 is 5.82 Å². The van der Waals surface area contributed by atoms with E-state index in [0.717, 1.165) is 0 Å². The first-order chi connectivity index (χ1) is 7.06. The Balaban J connectivity index is 2.99. The second-order valence-corrected chi connectivity index (χ2v) is 3.66. The molecule has 2 nitrogen and oxygen atoms in total. The topological polar surface area (TPSA) is 17.8 Å². The van der Waals surface area contributed by atoms with Crippen LogP contribution in [-0.2, 0) is 7.05 Å². The molecule has 0 N–H and O–H groups in total. The fourth-order valence-corrected chi connectivity index (χ4v) is 1.72. The molecule has 1 heterocycles. The molecule has 15 heavy (non-hydrogen) atoms. The molecule has 4 heteroatoms. The van der Waals surface area contributed by atoms with E-state index in [9.17, 15) is 4.39 Å². The monoisotopic (exact) mass is 222 g/mol. The van der Waals surface area contributed by atoms with Crippen molar-refractivity contribution in [2.75, 3.05) is 0 Å². The number of terminal acetylenes is 1. The second kappa shape index (κ2) is 3.25. The SMILES string of the molecule is C#Cc1cc2nc(C)n(C)c2c(F)c1Cl. The Labute approximate surface area is 91.7 Å². The van der Waals surface area contributed by atoms with Gasteiger partial charge in [0.05, 0.1) is 10.5 Å². The number of halogens is 2. The summed E-state index contributed by atoms with van der Waals surface area (Å²) in [5.41, 5.74) is 1.25. The number of hydrogen-bond acceptors (Lipinski definition) is 1. The molecule has 0 bridgehead atoms. The van der Waals surface area contributed by atoms with E-state index in [-0.39, 0.29) is 5.02 Å². The van der Waals surface area contributed by atoms with Crippen LogP contribution >= 0.6 is 11.6 Å². The number of imidazole rings is 1. The molecule has 0 aliphatic carbocycles. The molecular weight excluding hydrogens is 215 g/mol. The highest BCUT2D eigenvalue weighted by molar-refractivity contribution is 6.32. The molecule has 0 spiro atoms. The summed E-state index contributed by atoms with van der Waals surface area (Å²) in [4.78, 5) is 4.19. The van der Waals surface area contributed by atoms with E-state index in [1.54, 1.807) is 24.6 Å². The molecule has 0 atom stereocenters. The van der Waals surface area contributed by atoms with Crippen LogP contribution < -0.4 is 0 Å². The quantitative estimate of drug-likeness (QED) is 0.627. The van der Waals surface area contributed by atoms with Crippen molar-refractivity contribution in [2.45, 2.75) is 6.92 Å². The summed E-state index contributed by atoms with van der Waals surface area (Å²) in [6.07, 6.45) is 5.22. The molecule has 1 aromatic heterocycles. The Kier molecular flexibility index (Phi) is 2.17. The minimum Gasteiger partial charge on any atom is -0.329 e. The zero-order chi connectivity index (χ0) is 11.2. The van der Waals surface area contributed by atoms with Crippen LogP contribution in [0.5, 0.6) is 0 Å². The standard InChI is InChI=1S/C11H8ClFN2/c1-4-7-5-8-11(10(13)9(7)12)15(3)6(2)14-8/h1,5H,2-3H3. The average Bonchev–Trinajstić information content (AvgIpc) is 2.49. The lowest BCUT2D eigenvalue weighted by molar-refractivity contribution is 0.631. The van der Waals surface area contributed by atoms with Gasteiger partial charge in [0.15, 0.2) is 5.82 Å². The van der Waals surface area contributed by atoms with Crippen LogP contribution in [0.2, 0.25) is 5.02 Å². The Hall–Kier alpha value is -1.53. The van der Waals surface area contributed by atoms with Gasteiger partial charge in [-0.3, -0.25) is 0 Å². The van der Waals surface area contributed by atoms with E-state index in [2.05, 4.69) is 10.9 Å². The van der Waals surface area contributed by atoms with Gasteiger partial charge in [0.2, 0.25) is 0 Å². The van der Waals surface area contributed by atoms with Crippen molar-refractivity contribution in [3.8, 4) is 12.3 Å². The summed E-state index contributed by atoms with van der Waals surface area (Å²) in [5, 5.41) is -0.0204. The molecule has 0 aliphatic heterocycles. The first-order valence-electron chi connectivity index (χ1n) is 4.34. The predicted molar refractivity (Wildman–Crippen MR) is 58.4 cm³/mol. The molecule has 0 saturated heterocycles. The molecule has 76 valence electrons. The minimum absolute atomic E-state index is 0.0204. The molecule has 0 radical (unpaired) electrons. The number of benzene rings is 1. The maximum atomic E-state index is 13.8. The molecule has 0 saturated carbocycles. The lowest BCUT2D eigenvalue weighted by Crippen LogP contribution is -1.94. The van der Waals surface area contributed by atoms with Crippen molar-refractivity contribution in [3.63, 3.8) is 0 Å². The van der Waals surface area contributed by atoms with Gasteiger partial charge in [0.25, 0.3) is 0 Å². The molecule has 2 rings (SSSR count). The Bertz CT molecular complexity index is 593. The van der Waals surface area contributed by atoms with Crippen molar-refractivity contribution in [1.29, 1.82) is 0 Å². The van der Waals surface area contributed by atoms with E-state index >= 15 is 0 Å². The van der Waals surface area contributed by atoms with Crippen molar-refractivity contribution in [3.05, 3.63) is 28.3 Å². The van der Waals surface area contributed by atoms with Crippen molar-refractivity contribution >= 4 is 22.6 Å². The van der Waals surface area contributed by atoms with Crippen LogP contribution in [0.4, 0.5) is 4.39 Å². The lowest BCUT2D eigenvalue weighted by Gasteiger charge is -2.02. The minimum atomic E-state index is -0.509. The predicted octanol–water partition coefficient (Wildman–Crippen LogP) is 2.66. The zero-order valence-electron chi connectivity index (χ0n) is 8.31. The highest BCUT2D eigenvalue weighted by atomic mass is 35.5. The van der Waals surface area contributed by atoms with Gasteiger partial charge in [0, 0.05) is 12.6 Å². The molecule has 1 aromatic carbocycles. The van der Waals surface area contributed by atoms with Crippen LogP contribution in [0.1, 0.15) is 11.4 Å². The summed E-state index contributed by atoms with van der Waals surface area (Å²) in [5.74, 6) is 2.54. The van der Waals surface area contributed by atoms with Gasteiger partial charge in [-0.25, -0.2) is 9.37 Å². The van der Waals surface area contributed by atoms with Gasteiger partial charge in [-0.1, -0.05) is 17.5 Å². The smallest absolute Gasteiger partial charge is 0.168 e. The Morgan fingerprint density at radius 1 is 1.60 bits per heavy atom. The summed E-state index contributed by atoms with van der Waals surface area (Å²) in [6.45, 7) is 1.79. The fourth-order valence-electron chi connectivity index (χ4n) is 1.52. The number of hydrogen-bond donors (Lipinski definition) is 0. The van der Waals surface area contributed by atoms with Crippen LogP contribution in [-0.4, -0.2) is 9.55 Å². The molecule has 2 aromatic rings. The van der Waals surface area contributed by atoms with Crippen molar-refractivity contribution in [1.82, 2.24) is 9.55 Å². The first-order valence-corrected chi connectivity index (χ1v) is 4.71. The number of fused-ring (bicyclic) bond motifs is 1. The number of aromatic nitrogens is 2. The Morgan fingerprint density at radius 3 is 2.87 bits per heavy atom. The molecule has 0 amide bonds. The zero-order valence-corrected chi connectivity index (χ0v) is 9.06. The van der Waals surface area contributed by atoms with Crippen LogP contribution in [0.25, 0.3) is 11.0 Å². The van der Waals surface area contributed by atoms with Crippen molar-refractivity contribution < 1.29 is 4.39 Å². The summed E-state index contributed by atoms with van der Waals surface area (Å²) < 4.78 is 15.5. The second-order valence-electron chi connectivity index (χ2n) is 3.28. The van der Waals surface area contributed by atoms with E-state index in [1.165, 1.54) is 0 Å². The molecular formula is C11H8ClFN2. The highest BCUT2D eigenvalue weighted by Gasteiger charge is 2.15. The fraction of sp³-hybridized carbons (Fsp3) is 0.182. The van der Waals surface area contributed by atoms with Gasteiger partial charge in [-0.05, 0) is 13.0 Å². The Morgan fingerprint density at radius 2 is 2.27 bits per heavy atom. The van der Waals surface area contributed by atoms with Crippen LogP contribution in [0.15, 0.2) is 6.07 Å². The van der Waals surface area contributed by atoms with Crippen molar-refractivity contribution in [2.24, 2.45) is 7.05 Å². The third kappa shape index (κ3) is 1.30. The van der Waals surface area contributed by atoms with E-state index in [4.69, 9.17) is 18.0 Å². The normalized spacial score (nSPS) is 10.6. The number of nitrogens with zero attached hydrogens (tertiary/aromatic N) is 2. The maximum Gasteiger partial charge on any atom is 0.168 e. The number of aryl methyl sites for hydroxylation is 2. The van der Waals surface area contributed by atoms with Crippen LogP contribution in [0.3, 0.4) is 0 Å². The van der Waals surface area contributed by atoms with Gasteiger partial charge >= 0.3 is 0 Å². The van der Waals surface area contributed by atoms with Gasteiger partial charge in [-0.15, -0.1) is 6.42 Å². The third-order valence-corrected chi connectivity index (χ3v) is 2.79. The molecule has 0 unspecified atom stereocenters. The molecule has 0 aliphatic rings. The lowest BCUT2D eigenvalue weighted by atomic mass is 10.2. The summed E-state index contributed by atoms with van der Waals surface area (Å²) in [7, 11) is 1.74. The van der Waals surface area contributed by atoms with E-state index in [1.807, 2.05) is 0 Å². The van der Waals surface area contributed by atoms with E-state index in [0.29, 0.717) is 22.4 Å². The van der Waals surface area contributed by atoms with Crippen LogP contribution in [0, 0.1) is 25.1 Å². The van der Waals surface area contributed by atoms with Gasteiger partial charge < -0.3 is 4.57 Å². The average molecular weight is 223 g/mol. The molecule has 0 fully saturated rings.